The number of alkyl halides is 3. The number of ether oxygens (including phenoxy) is 1. The molecule has 1 aliphatic rings. The molecule has 1 unspecified atom stereocenters. The Hall–Kier alpha value is -3.53. The molecule has 10 nitrogen and oxygen atoms in total. The van der Waals surface area contributed by atoms with E-state index in [0.717, 1.165) is 23.0 Å². The molecule has 0 spiro atoms. The van der Waals surface area contributed by atoms with Crippen LogP contribution in [0.25, 0.3) is 27.7 Å². The maximum Gasteiger partial charge on any atom is 0.281 e. The molecule has 4 heterocycles. The SMILES string of the molecule is COc1nc(NC2CCN(S(C)(=O)=O)CC2(F)F)nn2cc(F)c(-c3cc(F)c4ncn(CCF)c4c3)c12. The maximum absolute atomic E-state index is 15.2. The van der Waals surface area contributed by atoms with Crippen molar-refractivity contribution in [2.45, 2.75) is 24.9 Å². The molecule has 5 rings (SSSR count). The first-order valence-electron chi connectivity index (χ1n) is 11.4. The first kappa shape index (κ1) is 26.1. The Bertz CT molecular complexity index is 1640. The fourth-order valence-corrected chi connectivity index (χ4v) is 5.40. The Morgan fingerprint density at radius 1 is 1.24 bits per heavy atom. The Labute approximate surface area is 213 Å². The van der Waals surface area contributed by atoms with Gasteiger partial charge in [0.05, 0.1) is 56.1 Å². The highest BCUT2D eigenvalue weighted by Crippen LogP contribution is 2.37. The van der Waals surface area contributed by atoms with Crippen LogP contribution >= 0.6 is 0 Å². The van der Waals surface area contributed by atoms with Gasteiger partial charge in [-0.15, -0.1) is 5.10 Å². The van der Waals surface area contributed by atoms with Crippen LogP contribution in [0.3, 0.4) is 0 Å². The standard InChI is InChI=1S/C22H22F5N7O3S/c1-37-20-19-17(12-7-13(24)18-15(8-12)32(6-4-23)11-28-18)14(25)9-34(19)31-21(30-20)29-16-3-5-33(38(2,35)36)10-22(16,26)27/h7-9,11,16H,3-6,10H2,1-2H3,(H,29,31). The molecule has 1 aliphatic heterocycles. The molecule has 204 valence electrons. The average Bonchev–Trinajstić information content (AvgIpc) is 3.39. The Kier molecular flexibility index (Phi) is 6.41. The number of nitrogens with one attached hydrogen (secondary N) is 1. The molecule has 0 saturated carbocycles. The van der Waals surface area contributed by atoms with Crippen LogP contribution in [-0.4, -0.2) is 82.0 Å². The van der Waals surface area contributed by atoms with Gasteiger partial charge < -0.3 is 14.6 Å². The molecule has 1 N–H and O–H groups in total. The number of imidazole rings is 1. The zero-order valence-electron chi connectivity index (χ0n) is 20.1. The highest BCUT2D eigenvalue weighted by Gasteiger charge is 2.47. The molecule has 3 aromatic heterocycles. The Morgan fingerprint density at radius 2 is 2.00 bits per heavy atom. The minimum atomic E-state index is -3.80. The fourth-order valence-electron chi connectivity index (χ4n) is 4.56. The second-order valence-corrected chi connectivity index (χ2v) is 10.9. The molecule has 0 aliphatic carbocycles. The van der Waals surface area contributed by atoms with Gasteiger partial charge in [0, 0.05) is 6.54 Å². The Balaban J connectivity index is 1.54. The molecule has 0 bridgehead atoms. The number of piperidine rings is 1. The van der Waals surface area contributed by atoms with Gasteiger partial charge in [-0.3, -0.25) is 0 Å². The van der Waals surface area contributed by atoms with E-state index in [1.807, 2.05) is 0 Å². The van der Waals surface area contributed by atoms with Crippen molar-refractivity contribution in [3.63, 3.8) is 0 Å². The number of sulfonamides is 1. The summed E-state index contributed by atoms with van der Waals surface area (Å²) in [6, 6.07) is 1.01. The van der Waals surface area contributed by atoms with Crippen molar-refractivity contribution >= 4 is 32.5 Å². The topological polar surface area (TPSA) is 107 Å². The average molecular weight is 560 g/mol. The van der Waals surface area contributed by atoms with Gasteiger partial charge in [-0.2, -0.15) is 9.29 Å². The number of aromatic nitrogens is 5. The second-order valence-electron chi connectivity index (χ2n) is 8.89. The summed E-state index contributed by atoms with van der Waals surface area (Å²) in [4.78, 5) is 8.05. The summed E-state index contributed by atoms with van der Waals surface area (Å²) in [6.07, 6.45) is 2.87. The largest absolute Gasteiger partial charge is 0.479 e. The highest BCUT2D eigenvalue weighted by atomic mass is 32.2. The second kappa shape index (κ2) is 9.34. The molecule has 0 radical (unpaired) electrons. The number of nitrogens with zero attached hydrogens (tertiary/aromatic N) is 6. The van der Waals surface area contributed by atoms with E-state index in [1.54, 1.807) is 0 Å². The summed E-state index contributed by atoms with van der Waals surface area (Å²) >= 11 is 0. The van der Waals surface area contributed by atoms with Crippen LogP contribution in [0.15, 0.2) is 24.7 Å². The van der Waals surface area contributed by atoms with Gasteiger partial charge >= 0.3 is 0 Å². The van der Waals surface area contributed by atoms with E-state index >= 15 is 4.39 Å². The van der Waals surface area contributed by atoms with Gasteiger partial charge in [0.2, 0.25) is 21.9 Å². The van der Waals surface area contributed by atoms with Crippen molar-refractivity contribution < 1.29 is 35.1 Å². The minimum Gasteiger partial charge on any atom is -0.479 e. The zero-order valence-corrected chi connectivity index (χ0v) is 20.9. The summed E-state index contributed by atoms with van der Waals surface area (Å²) in [5, 5.41) is 6.59. The number of benzene rings is 1. The quantitative estimate of drug-likeness (QED) is 0.347. The number of fused-ring (bicyclic) bond motifs is 2. The molecule has 0 amide bonds. The third-order valence-electron chi connectivity index (χ3n) is 6.38. The minimum absolute atomic E-state index is 0.00418. The molecular formula is C22H22F5N7O3S. The van der Waals surface area contributed by atoms with Gasteiger partial charge in [-0.25, -0.2) is 39.9 Å². The molecule has 16 heteroatoms. The van der Waals surface area contributed by atoms with E-state index in [2.05, 4.69) is 20.4 Å². The number of halogens is 5. The summed E-state index contributed by atoms with van der Waals surface area (Å²) in [7, 11) is -2.57. The predicted molar refractivity (Wildman–Crippen MR) is 128 cm³/mol. The summed E-state index contributed by atoms with van der Waals surface area (Å²) in [6.45, 7) is -1.95. The summed E-state index contributed by atoms with van der Waals surface area (Å²) < 4.78 is 104. The monoisotopic (exact) mass is 559 g/mol. The van der Waals surface area contributed by atoms with Crippen LogP contribution in [0.5, 0.6) is 5.88 Å². The lowest BCUT2D eigenvalue weighted by Gasteiger charge is -2.37. The van der Waals surface area contributed by atoms with Gasteiger partial charge in [-0.1, -0.05) is 0 Å². The number of methoxy groups -OCH3 is 1. The van der Waals surface area contributed by atoms with Crippen LogP contribution in [0.2, 0.25) is 0 Å². The van der Waals surface area contributed by atoms with Crippen molar-refractivity contribution in [2.75, 3.05) is 38.4 Å². The molecule has 4 aromatic rings. The van der Waals surface area contributed by atoms with Crippen molar-refractivity contribution in [3.8, 4) is 17.0 Å². The zero-order chi connectivity index (χ0) is 27.4. The first-order chi connectivity index (χ1) is 17.9. The highest BCUT2D eigenvalue weighted by molar-refractivity contribution is 7.88. The van der Waals surface area contributed by atoms with E-state index in [1.165, 1.54) is 24.1 Å². The van der Waals surface area contributed by atoms with Crippen molar-refractivity contribution in [2.24, 2.45) is 0 Å². The number of rotatable bonds is 7. The first-order valence-corrected chi connectivity index (χ1v) is 13.2. The van der Waals surface area contributed by atoms with E-state index in [9.17, 15) is 26.0 Å². The number of hydrogen-bond acceptors (Lipinski definition) is 7. The molecule has 1 atom stereocenters. The molecule has 1 saturated heterocycles. The molecule has 38 heavy (non-hydrogen) atoms. The van der Waals surface area contributed by atoms with Gasteiger partial charge in [0.25, 0.3) is 5.92 Å². The van der Waals surface area contributed by atoms with E-state index in [4.69, 9.17) is 4.74 Å². The third kappa shape index (κ3) is 4.51. The van der Waals surface area contributed by atoms with Crippen LogP contribution < -0.4 is 10.1 Å². The van der Waals surface area contributed by atoms with Crippen molar-refractivity contribution in [1.82, 2.24) is 28.5 Å². The maximum atomic E-state index is 15.2. The lowest BCUT2D eigenvalue weighted by Crippen LogP contribution is -2.55. The summed E-state index contributed by atoms with van der Waals surface area (Å²) in [5.41, 5.74) is 0.206. The van der Waals surface area contributed by atoms with E-state index < -0.39 is 46.8 Å². The van der Waals surface area contributed by atoms with Gasteiger partial charge in [0.1, 0.15) is 17.7 Å². The molecular weight excluding hydrogens is 537 g/mol. The fraction of sp³-hybridized carbons (Fsp3) is 0.409. The van der Waals surface area contributed by atoms with Crippen LogP contribution in [0.4, 0.5) is 27.9 Å². The third-order valence-corrected chi connectivity index (χ3v) is 7.63. The normalized spacial score (nSPS) is 18.3. The molecule has 1 fully saturated rings. The lowest BCUT2D eigenvalue weighted by atomic mass is 10.0. The lowest BCUT2D eigenvalue weighted by molar-refractivity contribution is -0.0541. The molecule has 1 aromatic carbocycles. The van der Waals surface area contributed by atoms with Gasteiger partial charge in [0.15, 0.2) is 11.6 Å². The van der Waals surface area contributed by atoms with E-state index in [-0.39, 0.29) is 59.0 Å². The predicted octanol–water partition coefficient (Wildman–Crippen LogP) is 3.08. The number of aryl methyl sites for hydroxylation is 1. The summed E-state index contributed by atoms with van der Waals surface area (Å²) in [5.74, 6) is -5.52. The van der Waals surface area contributed by atoms with Crippen LogP contribution in [-0.2, 0) is 16.6 Å². The van der Waals surface area contributed by atoms with Crippen LogP contribution in [0.1, 0.15) is 6.42 Å². The van der Waals surface area contributed by atoms with Crippen molar-refractivity contribution in [3.05, 3.63) is 36.3 Å². The van der Waals surface area contributed by atoms with Crippen molar-refractivity contribution in [1.29, 1.82) is 0 Å². The van der Waals surface area contributed by atoms with Gasteiger partial charge in [-0.05, 0) is 24.1 Å². The Morgan fingerprint density at radius 3 is 2.66 bits per heavy atom. The van der Waals surface area contributed by atoms with Crippen LogP contribution in [0, 0.1) is 11.6 Å². The number of anilines is 1. The van der Waals surface area contributed by atoms with E-state index in [0.29, 0.717) is 4.31 Å². The smallest absolute Gasteiger partial charge is 0.281 e. The number of hydrogen-bond donors (Lipinski definition) is 1.